The summed E-state index contributed by atoms with van der Waals surface area (Å²) >= 11 is 0. The van der Waals surface area contributed by atoms with Gasteiger partial charge in [0, 0.05) is 0 Å². The Kier molecular flexibility index (Phi) is 7.14. The lowest BCUT2D eigenvalue weighted by Gasteiger charge is -2.25. The van der Waals surface area contributed by atoms with Crippen LogP contribution < -0.4 is 10.6 Å². The van der Waals surface area contributed by atoms with E-state index < -0.39 is 0 Å². The van der Waals surface area contributed by atoms with Crippen LogP contribution in [-0.2, 0) is 0 Å². The zero-order chi connectivity index (χ0) is 12.7. The van der Waals surface area contributed by atoms with Gasteiger partial charge in [-0.05, 0) is 69.1 Å². The van der Waals surface area contributed by atoms with E-state index in [9.17, 15) is 0 Å². The minimum atomic E-state index is 0.873. The van der Waals surface area contributed by atoms with Gasteiger partial charge in [-0.3, -0.25) is 0 Å². The molecule has 0 radical (unpaired) electrons. The molecule has 0 saturated carbocycles. The van der Waals surface area contributed by atoms with Crippen molar-refractivity contribution in [3.63, 3.8) is 0 Å². The Morgan fingerprint density at radius 2 is 1.29 bits per heavy atom. The summed E-state index contributed by atoms with van der Waals surface area (Å²) < 4.78 is 0. The fraction of sp³-hybridized carbons (Fsp3) is 1.00. The van der Waals surface area contributed by atoms with Crippen molar-refractivity contribution in [3.8, 4) is 0 Å². The maximum absolute atomic E-state index is 3.42. The summed E-state index contributed by atoms with van der Waals surface area (Å²) in [7, 11) is 0. The molecule has 2 nitrogen and oxygen atoms in total. The van der Waals surface area contributed by atoms with Gasteiger partial charge in [-0.15, -0.1) is 0 Å². The molecule has 2 heterocycles. The third-order valence-corrected chi connectivity index (χ3v) is 4.32. The van der Waals surface area contributed by atoms with E-state index in [0.29, 0.717) is 0 Å². The number of nitrogens with one attached hydrogen (secondary N) is 2. The lowest BCUT2D eigenvalue weighted by atomic mass is 9.89. The quantitative estimate of drug-likeness (QED) is 0.775. The molecular formula is C15H32N2. The Bertz CT molecular complexity index is 177. The number of rotatable bonds is 2. The number of hydrogen-bond acceptors (Lipinski definition) is 2. The van der Waals surface area contributed by atoms with Gasteiger partial charge in [-0.1, -0.05) is 27.7 Å². The molecule has 0 aromatic carbocycles. The third-order valence-electron chi connectivity index (χ3n) is 4.32. The molecule has 2 fully saturated rings. The minimum absolute atomic E-state index is 0.873. The van der Waals surface area contributed by atoms with Crippen LogP contribution in [0.15, 0.2) is 0 Å². The van der Waals surface area contributed by atoms with E-state index in [1.54, 1.807) is 0 Å². The summed E-state index contributed by atoms with van der Waals surface area (Å²) in [5, 5.41) is 6.77. The lowest BCUT2D eigenvalue weighted by Crippen LogP contribution is -2.32. The summed E-state index contributed by atoms with van der Waals surface area (Å²) in [4.78, 5) is 0. The maximum atomic E-state index is 3.42. The summed E-state index contributed by atoms with van der Waals surface area (Å²) in [5.41, 5.74) is 0. The van der Waals surface area contributed by atoms with Crippen LogP contribution in [-0.4, -0.2) is 26.2 Å². The Labute approximate surface area is 108 Å². The van der Waals surface area contributed by atoms with Crippen molar-refractivity contribution in [2.45, 2.75) is 47.0 Å². The Morgan fingerprint density at radius 3 is 1.59 bits per heavy atom. The molecule has 2 heteroatoms. The van der Waals surface area contributed by atoms with Gasteiger partial charge in [0.05, 0.1) is 0 Å². The minimum Gasteiger partial charge on any atom is -0.316 e. The third kappa shape index (κ3) is 5.87. The molecule has 2 aliphatic rings. The summed E-state index contributed by atoms with van der Waals surface area (Å²) in [6.45, 7) is 14.2. The van der Waals surface area contributed by atoms with Crippen LogP contribution >= 0.6 is 0 Å². The smallest absolute Gasteiger partial charge is 0.00176 e. The Balaban J connectivity index is 0.000000171. The zero-order valence-electron chi connectivity index (χ0n) is 12.3. The highest BCUT2D eigenvalue weighted by Gasteiger charge is 2.17. The van der Waals surface area contributed by atoms with Crippen molar-refractivity contribution in [1.29, 1.82) is 0 Å². The van der Waals surface area contributed by atoms with E-state index in [2.05, 4.69) is 38.3 Å². The van der Waals surface area contributed by atoms with Gasteiger partial charge in [0.2, 0.25) is 0 Å². The van der Waals surface area contributed by atoms with E-state index in [1.165, 1.54) is 45.4 Å². The first-order valence-electron chi connectivity index (χ1n) is 7.52. The summed E-state index contributed by atoms with van der Waals surface area (Å²) in [6.07, 6.45) is 4.20. The highest BCUT2D eigenvalue weighted by atomic mass is 14.9. The second-order valence-electron chi connectivity index (χ2n) is 6.35. The van der Waals surface area contributed by atoms with Crippen LogP contribution in [0.4, 0.5) is 0 Å². The fourth-order valence-electron chi connectivity index (χ4n) is 2.69. The van der Waals surface area contributed by atoms with Gasteiger partial charge in [0.25, 0.3) is 0 Å². The molecule has 0 aliphatic carbocycles. The average molecular weight is 240 g/mol. The molecule has 17 heavy (non-hydrogen) atoms. The van der Waals surface area contributed by atoms with Gasteiger partial charge in [-0.2, -0.15) is 0 Å². The largest absolute Gasteiger partial charge is 0.316 e. The van der Waals surface area contributed by atoms with Gasteiger partial charge >= 0.3 is 0 Å². The molecule has 0 aromatic heterocycles. The predicted octanol–water partition coefficient (Wildman–Crippen LogP) is 2.89. The zero-order valence-corrected chi connectivity index (χ0v) is 12.3. The van der Waals surface area contributed by atoms with Gasteiger partial charge in [-0.25, -0.2) is 0 Å². The number of hydrogen-bond donors (Lipinski definition) is 2. The van der Waals surface area contributed by atoms with E-state index in [1.807, 2.05) is 0 Å². The van der Waals surface area contributed by atoms with Crippen LogP contribution in [0.5, 0.6) is 0 Å². The second kappa shape index (κ2) is 8.10. The van der Waals surface area contributed by atoms with E-state index >= 15 is 0 Å². The molecule has 2 unspecified atom stereocenters. The van der Waals surface area contributed by atoms with E-state index in [-0.39, 0.29) is 0 Å². The van der Waals surface area contributed by atoms with Gasteiger partial charge in [0.1, 0.15) is 0 Å². The average Bonchev–Trinajstić information content (AvgIpc) is 2.84. The van der Waals surface area contributed by atoms with Crippen LogP contribution in [0.3, 0.4) is 0 Å². The predicted molar refractivity (Wildman–Crippen MR) is 76.2 cm³/mol. The molecule has 102 valence electrons. The van der Waals surface area contributed by atoms with Gasteiger partial charge in [0.15, 0.2) is 0 Å². The van der Waals surface area contributed by atoms with Crippen LogP contribution in [0.25, 0.3) is 0 Å². The Morgan fingerprint density at radius 1 is 0.765 bits per heavy atom. The first-order chi connectivity index (χ1) is 8.11. The van der Waals surface area contributed by atoms with Crippen LogP contribution in [0, 0.1) is 23.7 Å². The first-order valence-corrected chi connectivity index (χ1v) is 7.52. The van der Waals surface area contributed by atoms with Crippen LogP contribution in [0.2, 0.25) is 0 Å². The summed E-state index contributed by atoms with van der Waals surface area (Å²) in [5.74, 6) is 3.65. The fourth-order valence-corrected chi connectivity index (χ4v) is 2.69. The molecule has 2 saturated heterocycles. The topological polar surface area (TPSA) is 24.1 Å². The Hall–Kier alpha value is -0.0800. The standard InChI is InChI=1S/C8H17N.C7H15N/c1-7(2)8-4-3-5-9-6-8;1-6(2)7-3-4-8-5-7/h7-9H,3-6H2,1-2H3;6-8H,3-5H2,1-2H3. The first kappa shape index (κ1) is 15.0. The van der Waals surface area contributed by atoms with Crippen molar-refractivity contribution < 1.29 is 0 Å². The van der Waals surface area contributed by atoms with Crippen molar-refractivity contribution in [2.24, 2.45) is 23.7 Å². The molecule has 0 bridgehead atoms. The van der Waals surface area contributed by atoms with Crippen molar-refractivity contribution >= 4 is 0 Å². The van der Waals surface area contributed by atoms with E-state index in [4.69, 9.17) is 0 Å². The molecule has 2 aliphatic heterocycles. The molecule has 0 aromatic rings. The summed E-state index contributed by atoms with van der Waals surface area (Å²) in [6, 6.07) is 0. The number of piperidine rings is 1. The second-order valence-corrected chi connectivity index (χ2v) is 6.35. The highest BCUT2D eigenvalue weighted by molar-refractivity contribution is 4.73. The van der Waals surface area contributed by atoms with E-state index in [0.717, 1.165) is 23.7 Å². The molecule has 2 N–H and O–H groups in total. The lowest BCUT2D eigenvalue weighted by molar-refractivity contribution is 0.296. The highest BCUT2D eigenvalue weighted by Crippen LogP contribution is 2.18. The molecule has 2 rings (SSSR count). The maximum Gasteiger partial charge on any atom is -0.00176 e. The molecule has 0 amide bonds. The van der Waals surface area contributed by atoms with Crippen LogP contribution in [0.1, 0.15) is 47.0 Å². The normalized spacial score (nSPS) is 29.3. The molecule has 2 atom stereocenters. The van der Waals surface area contributed by atoms with Crippen molar-refractivity contribution in [2.75, 3.05) is 26.2 Å². The monoisotopic (exact) mass is 240 g/mol. The molecular weight excluding hydrogens is 208 g/mol. The van der Waals surface area contributed by atoms with Gasteiger partial charge < -0.3 is 10.6 Å². The van der Waals surface area contributed by atoms with Crippen molar-refractivity contribution in [1.82, 2.24) is 10.6 Å². The molecule has 0 spiro atoms. The van der Waals surface area contributed by atoms with Crippen molar-refractivity contribution in [3.05, 3.63) is 0 Å². The SMILES string of the molecule is CC(C)C1CCCNC1.CC(C)C1CCNC1.